The number of halogens is 1. The summed E-state index contributed by atoms with van der Waals surface area (Å²) in [6.07, 6.45) is 4.58. The van der Waals surface area contributed by atoms with Gasteiger partial charge in [-0.25, -0.2) is 4.39 Å². The van der Waals surface area contributed by atoms with Gasteiger partial charge in [-0.2, -0.15) is 0 Å². The second-order valence-corrected chi connectivity index (χ2v) is 5.72. The Morgan fingerprint density at radius 2 is 2.30 bits per heavy atom. The zero-order valence-electron chi connectivity index (χ0n) is 12.2. The van der Waals surface area contributed by atoms with Crippen molar-refractivity contribution < 1.29 is 9.18 Å². The fourth-order valence-electron chi connectivity index (χ4n) is 2.87. The molecule has 3 nitrogen and oxygen atoms in total. The zero-order chi connectivity index (χ0) is 14.7. The van der Waals surface area contributed by atoms with Gasteiger partial charge in [0, 0.05) is 5.92 Å². The van der Waals surface area contributed by atoms with Gasteiger partial charge in [0.25, 0.3) is 0 Å². The molecule has 0 aliphatic heterocycles. The van der Waals surface area contributed by atoms with E-state index in [-0.39, 0.29) is 29.4 Å². The number of fused-ring (bicyclic) bond motifs is 1. The SMILES string of the molecule is CCCC(C)C(=O)NC1CCCc2cc(F)c(N)cc21. The van der Waals surface area contributed by atoms with E-state index in [1.165, 1.54) is 6.07 Å². The van der Waals surface area contributed by atoms with E-state index in [1.807, 2.05) is 6.92 Å². The highest BCUT2D eigenvalue weighted by Crippen LogP contribution is 2.32. The third kappa shape index (κ3) is 3.11. The summed E-state index contributed by atoms with van der Waals surface area (Å²) in [7, 11) is 0. The topological polar surface area (TPSA) is 55.1 Å². The van der Waals surface area contributed by atoms with Gasteiger partial charge in [0.15, 0.2) is 0 Å². The van der Waals surface area contributed by atoms with Crippen molar-refractivity contribution in [2.24, 2.45) is 5.92 Å². The molecule has 0 aromatic heterocycles. The Bertz CT molecular complexity index is 501. The molecule has 2 unspecified atom stereocenters. The number of nitrogens with two attached hydrogens (primary N) is 1. The maximum Gasteiger partial charge on any atom is 0.223 e. The average Bonchev–Trinajstić information content (AvgIpc) is 2.41. The Hall–Kier alpha value is -1.58. The van der Waals surface area contributed by atoms with Crippen molar-refractivity contribution in [3.05, 3.63) is 29.1 Å². The predicted molar refractivity (Wildman–Crippen MR) is 78.7 cm³/mol. The molecule has 0 saturated carbocycles. The van der Waals surface area contributed by atoms with Crippen molar-refractivity contribution in [2.75, 3.05) is 5.73 Å². The third-order valence-electron chi connectivity index (χ3n) is 4.06. The number of aryl methyl sites for hydroxylation is 1. The lowest BCUT2D eigenvalue weighted by Crippen LogP contribution is -2.34. The fourth-order valence-corrected chi connectivity index (χ4v) is 2.87. The van der Waals surface area contributed by atoms with Gasteiger partial charge in [0.2, 0.25) is 5.91 Å². The van der Waals surface area contributed by atoms with Gasteiger partial charge in [0.1, 0.15) is 5.82 Å². The van der Waals surface area contributed by atoms with Crippen LogP contribution in [-0.2, 0) is 11.2 Å². The minimum Gasteiger partial charge on any atom is -0.396 e. The van der Waals surface area contributed by atoms with Crippen molar-refractivity contribution in [3.63, 3.8) is 0 Å². The summed E-state index contributed by atoms with van der Waals surface area (Å²) < 4.78 is 13.5. The van der Waals surface area contributed by atoms with E-state index in [2.05, 4.69) is 12.2 Å². The Morgan fingerprint density at radius 1 is 1.55 bits per heavy atom. The molecular weight excluding hydrogens is 255 g/mol. The van der Waals surface area contributed by atoms with Gasteiger partial charge in [-0.3, -0.25) is 4.79 Å². The monoisotopic (exact) mass is 278 g/mol. The van der Waals surface area contributed by atoms with Gasteiger partial charge in [-0.1, -0.05) is 20.3 Å². The summed E-state index contributed by atoms with van der Waals surface area (Å²) in [5, 5.41) is 3.09. The van der Waals surface area contributed by atoms with Crippen LogP contribution < -0.4 is 11.1 Å². The molecule has 1 aromatic carbocycles. The van der Waals surface area contributed by atoms with Crippen LogP contribution in [0.2, 0.25) is 0 Å². The first kappa shape index (κ1) is 14.8. The molecule has 0 heterocycles. The fraction of sp³-hybridized carbons (Fsp3) is 0.562. The molecule has 1 aromatic rings. The summed E-state index contributed by atoms with van der Waals surface area (Å²) in [6, 6.07) is 3.16. The minimum atomic E-state index is -0.366. The van der Waals surface area contributed by atoms with E-state index in [0.29, 0.717) is 0 Å². The Morgan fingerprint density at radius 3 is 3.00 bits per heavy atom. The maximum atomic E-state index is 13.5. The molecule has 2 rings (SSSR count). The number of carbonyl (C=O) groups is 1. The van der Waals surface area contributed by atoms with E-state index >= 15 is 0 Å². The second kappa shape index (κ2) is 6.25. The number of hydrogen-bond donors (Lipinski definition) is 2. The number of nitrogen functional groups attached to an aromatic ring is 1. The lowest BCUT2D eigenvalue weighted by Gasteiger charge is -2.28. The van der Waals surface area contributed by atoms with Crippen LogP contribution in [0, 0.1) is 11.7 Å². The molecule has 110 valence electrons. The third-order valence-corrected chi connectivity index (χ3v) is 4.06. The molecule has 4 heteroatoms. The number of carbonyl (C=O) groups excluding carboxylic acids is 1. The minimum absolute atomic E-state index is 0.0168. The normalized spacial score (nSPS) is 19.2. The molecule has 1 aliphatic rings. The van der Waals surface area contributed by atoms with Crippen LogP contribution in [0.1, 0.15) is 56.7 Å². The van der Waals surface area contributed by atoms with Crippen LogP contribution in [0.25, 0.3) is 0 Å². The van der Waals surface area contributed by atoms with Crippen LogP contribution in [0.3, 0.4) is 0 Å². The molecule has 0 spiro atoms. The first-order valence-corrected chi connectivity index (χ1v) is 7.41. The standard InChI is InChI=1S/C16H23FN2O/c1-3-5-10(2)16(20)19-15-7-4-6-11-8-13(17)14(18)9-12(11)15/h8-10,15H,3-7,18H2,1-2H3,(H,19,20). The predicted octanol–water partition coefficient (Wildman–Crippen LogP) is 3.34. The molecular formula is C16H23FN2O. The molecule has 0 saturated heterocycles. The maximum absolute atomic E-state index is 13.5. The Labute approximate surface area is 119 Å². The van der Waals surface area contributed by atoms with Crippen molar-refractivity contribution in [2.45, 2.75) is 52.0 Å². The van der Waals surface area contributed by atoms with Gasteiger partial charge in [-0.05, 0) is 48.9 Å². The van der Waals surface area contributed by atoms with Crippen LogP contribution in [0.4, 0.5) is 10.1 Å². The van der Waals surface area contributed by atoms with Gasteiger partial charge in [0.05, 0.1) is 11.7 Å². The smallest absolute Gasteiger partial charge is 0.223 e. The highest BCUT2D eigenvalue weighted by Gasteiger charge is 2.24. The summed E-state index contributed by atoms with van der Waals surface area (Å²) in [5.74, 6) is -0.272. The van der Waals surface area contributed by atoms with Crippen molar-refractivity contribution in [1.82, 2.24) is 5.32 Å². The number of amides is 1. The first-order valence-electron chi connectivity index (χ1n) is 7.41. The van der Waals surface area contributed by atoms with E-state index in [4.69, 9.17) is 5.73 Å². The average molecular weight is 278 g/mol. The summed E-state index contributed by atoms with van der Waals surface area (Å²) in [6.45, 7) is 4.02. The van der Waals surface area contributed by atoms with Crippen LogP contribution in [0.15, 0.2) is 12.1 Å². The molecule has 0 fully saturated rings. The molecule has 1 amide bonds. The van der Waals surface area contributed by atoms with Gasteiger partial charge >= 0.3 is 0 Å². The molecule has 2 atom stereocenters. The van der Waals surface area contributed by atoms with Crippen molar-refractivity contribution in [3.8, 4) is 0 Å². The number of nitrogens with one attached hydrogen (secondary N) is 1. The lowest BCUT2D eigenvalue weighted by atomic mass is 9.86. The van der Waals surface area contributed by atoms with Gasteiger partial charge in [-0.15, -0.1) is 0 Å². The molecule has 0 bridgehead atoms. The largest absolute Gasteiger partial charge is 0.396 e. The van der Waals surface area contributed by atoms with E-state index in [0.717, 1.165) is 43.2 Å². The second-order valence-electron chi connectivity index (χ2n) is 5.72. The quantitative estimate of drug-likeness (QED) is 0.830. The molecule has 3 N–H and O–H groups in total. The van der Waals surface area contributed by atoms with Crippen molar-refractivity contribution in [1.29, 1.82) is 0 Å². The van der Waals surface area contributed by atoms with Crippen molar-refractivity contribution >= 4 is 11.6 Å². The lowest BCUT2D eigenvalue weighted by molar-refractivity contribution is -0.125. The number of benzene rings is 1. The van der Waals surface area contributed by atoms with E-state index in [9.17, 15) is 9.18 Å². The van der Waals surface area contributed by atoms with Crippen LogP contribution >= 0.6 is 0 Å². The number of hydrogen-bond acceptors (Lipinski definition) is 2. The summed E-state index contributed by atoms with van der Waals surface area (Å²) >= 11 is 0. The highest BCUT2D eigenvalue weighted by atomic mass is 19.1. The molecule has 20 heavy (non-hydrogen) atoms. The van der Waals surface area contributed by atoms with E-state index in [1.54, 1.807) is 6.07 Å². The van der Waals surface area contributed by atoms with Gasteiger partial charge < -0.3 is 11.1 Å². The Kier molecular flexibility index (Phi) is 4.63. The number of rotatable bonds is 4. The summed E-state index contributed by atoms with van der Waals surface area (Å²) in [5.41, 5.74) is 7.76. The molecule has 1 aliphatic carbocycles. The zero-order valence-corrected chi connectivity index (χ0v) is 12.2. The first-order chi connectivity index (χ1) is 9.52. The number of anilines is 1. The highest BCUT2D eigenvalue weighted by molar-refractivity contribution is 5.78. The summed E-state index contributed by atoms with van der Waals surface area (Å²) in [4.78, 5) is 12.1. The van der Waals surface area contributed by atoms with Crippen LogP contribution in [0.5, 0.6) is 0 Å². The molecule has 0 radical (unpaired) electrons. The van der Waals surface area contributed by atoms with Crippen LogP contribution in [-0.4, -0.2) is 5.91 Å². The van der Waals surface area contributed by atoms with E-state index < -0.39 is 0 Å². The Balaban J connectivity index is 2.16.